The number of hydrogen-bond donors (Lipinski definition) is 0. The summed E-state index contributed by atoms with van der Waals surface area (Å²) in [5.74, 6) is 0.492. The molecule has 0 unspecified atom stereocenters. The van der Waals surface area contributed by atoms with Gasteiger partial charge in [0.05, 0.1) is 12.7 Å². The van der Waals surface area contributed by atoms with Crippen LogP contribution in [0, 0.1) is 19.8 Å². The van der Waals surface area contributed by atoms with Crippen molar-refractivity contribution in [1.29, 1.82) is 0 Å². The molecule has 0 N–H and O–H groups in total. The number of fused-ring (bicyclic) bond motifs is 1. The summed E-state index contributed by atoms with van der Waals surface area (Å²) in [6.07, 6.45) is 3.21. The Balaban J connectivity index is 2.23. The topological polar surface area (TPSA) is 31.2 Å². The number of hydrogen-bond acceptors (Lipinski definition) is 3. The fraction of sp³-hybridized carbons (Fsp3) is 0.471. The number of aryl methyl sites for hydroxylation is 2. The van der Waals surface area contributed by atoms with Crippen LogP contribution in [0.1, 0.15) is 45.5 Å². The third kappa shape index (κ3) is 2.31. The highest BCUT2D eigenvalue weighted by molar-refractivity contribution is 7.15. The number of rotatable bonds is 2. The van der Waals surface area contributed by atoms with E-state index >= 15 is 0 Å². The van der Waals surface area contributed by atoms with Gasteiger partial charge in [0.2, 0.25) is 0 Å². The molecule has 1 atom stereocenters. The Labute approximate surface area is 129 Å². The lowest BCUT2D eigenvalue weighted by Crippen LogP contribution is -2.14. The second kappa shape index (κ2) is 5.34. The quantitative estimate of drug-likeness (QED) is 0.783. The zero-order valence-corrected chi connectivity index (χ0v) is 13.8. The summed E-state index contributed by atoms with van der Waals surface area (Å²) < 4.78 is 7.24. The van der Waals surface area contributed by atoms with Crippen LogP contribution in [0.3, 0.4) is 0 Å². The molecule has 2 aromatic heterocycles. The molecule has 4 heteroatoms. The van der Waals surface area contributed by atoms with E-state index in [1.807, 2.05) is 0 Å². The summed E-state index contributed by atoms with van der Waals surface area (Å²) in [5, 5.41) is 1.03. The monoisotopic (exact) mass is 303 g/mol. The van der Waals surface area contributed by atoms with Crippen molar-refractivity contribution in [2.24, 2.45) is 5.92 Å². The second-order valence-corrected chi connectivity index (χ2v) is 7.06. The fourth-order valence-electron chi connectivity index (χ4n) is 3.20. The third-order valence-electron chi connectivity index (χ3n) is 4.36. The van der Waals surface area contributed by atoms with Gasteiger partial charge in [-0.05, 0) is 56.7 Å². The first-order valence-corrected chi connectivity index (χ1v) is 8.22. The van der Waals surface area contributed by atoms with E-state index in [-0.39, 0.29) is 5.97 Å². The first-order chi connectivity index (χ1) is 10.0. The van der Waals surface area contributed by atoms with E-state index in [4.69, 9.17) is 4.74 Å². The average molecular weight is 303 g/mol. The van der Waals surface area contributed by atoms with Gasteiger partial charge in [0.25, 0.3) is 0 Å². The SMILES string of the molecule is COC(=O)c1c(-n2c(C)ccc2C)sc2c1CC[C@H](C)C2. The average Bonchev–Trinajstić information content (AvgIpc) is 2.97. The maximum atomic E-state index is 12.3. The van der Waals surface area contributed by atoms with Gasteiger partial charge in [-0.1, -0.05) is 6.92 Å². The molecule has 0 saturated heterocycles. The largest absolute Gasteiger partial charge is 0.465 e. The van der Waals surface area contributed by atoms with E-state index in [1.165, 1.54) is 17.6 Å². The van der Waals surface area contributed by atoms with E-state index in [2.05, 4.69) is 37.5 Å². The molecule has 3 rings (SSSR count). The Morgan fingerprint density at radius 3 is 2.62 bits per heavy atom. The summed E-state index contributed by atoms with van der Waals surface area (Å²) in [4.78, 5) is 13.7. The number of carbonyl (C=O) groups is 1. The number of esters is 1. The number of nitrogens with zero attached hydrogens (tertiary/aromatic N) is 1. The van der Waals surface area contributed by atoms with Crippen molar-refractivity contribution in [3.05, 3.63) is 39.5 Å². The zero-order valence-electron chi connectivity index (χ0n) is 13.0. The van der Waals surface area contributed by atoms with E-state index in [1.54, 1.807) is 11.3 Å². The van der Waals surface area contributed by atoms with Gasteiger partial charge in [-0.3, -0.25) is 0 Å². The van der Waals surface area contributed by atoms with Crippen molar-refractivity contribution in [2.45, 2.75) is 40.0 Å². The Morgan fingerprint density at radius 1 is 1.33 bits per heavy atom. The lowest BCUT2D eigenvalue weighted by molar-refractivity contribution is 0.0599. The van der Waals surface area contributed by atoms with Crippen LogP contribution in [0.25, 0.3) is 5.00 Å². The zero-order chi connectivity index (χ0) is 15.1. The second-order valence-electron chi connectivity index (χ2n) is 5.98. The molecule has 1 aliphatic rings. The maximum Gasteiger partial charge on any atom is 0.341 e. The van der Waals surface area contributed by atoms with Gasteiger partial charge in [-0.25, -0.2) is 4.79 Å². The molecule has 21 heavy (non-hydrogen) atoms. The molecule has 1 aliphatic carbocycles. The first kappa shape index (κ1) is 14.4. The van der Waals surface area contributed by atoms with Crippen molar-refractivity contribution in [1.82, 2.24) is 4.57 Å². The van der Waals surface area contributed by atoms with Gasteiger partial charge in [0, 0.05) is 16.3 Å². The van der Waals surface area contributed by atoms with Gasteiger partial charge >= 0.3 is 5.97 Å². The summed E-state index contributed by atoms with van der Waals surface area (Å²) >= 11 is 1.76. The van der Waals surface area contributed by atoms with Crippen LogP contribution in [0.2, 0.25) is 0 Å². The maximum absolute atomic E-state index is 12.3. The molecule has 2 aromatic rings. The molecule has 0 fully saturated rings. The molecule has 0 aromatic carbocycles. The van der Waals surface area contributed by atoms with Crippen molar-refractivity contribution < 1.29 is 9.53 Å². The summed E-state index contributed by atoms with van der Waals surface area (Å²) in [6.45, 7) is 6.44. The molecule has 0 saturated carbocycles. The van der Waals surface area contributed by atoms with E-state index in [0.29, 0.717) is 5.92 Å². The number of aromatic nitrogens is 1. The highest BCUT2D eigenvalue weighted by Crippen LogP contribution is 2.39. The highest BCUT2D eigenvalue weighted by atomic mass is 32.1. The first-order valence-electron chi connectivity index (χ1n) is 7.41. The lowest BCUT2D eigenvalue weighted by Gasteiger charge is -2.18. The number of methoxy groups -OCH3 is 1. The van der Waals surface area contributed by atoms with Gasteiger partial charge < -0.3 is 9.30 Å². The van der Waals surface area contributed by atoms with Gasteiger partial charge in [0.1, 0.15) is 5.00 Å². The molecule has 2 heterocycles. The minimum absolute atomic E-state index is 0.204. The summed E-state index contributed by atoms with van der Waals surface area (Å²) in [5.41, 5.74) is 4.31. The summed E-state index contributed by atoms with van der Waals surface area (Å²) in [6, 6.07) is 4.19. The minimum Gasteiger partial charge on any atom is -0.465 e. The van der Waals surface area contributed by atoms with Crippen molar-refractivity contribution in [3.63, 3.8) is 0 Å². The van der Waals surface area contributed by atoms with Crippen molar-refractivity contribution >= 4 is 17.3 Å². The Kier molecular flexibility index (Phi) is 3.66. The predicted molar refractivity (Wildman–Crippen MR) is 85.6 cm³/mol. The fourth-order valence-corrected chi connectivity index (χ4v) is 4.81. The van der Waals surface area contributed by atoms with Crippen molar-refractivity contribution in [2.75, 3.05) is 7.11 Å². The normalized spacial score (nSPS) is 17.6. The van der Waals surface area contributed by atoms with Crippen LogP contribution >= 0.6 is 11.3 Å². The van der Waals surface area contributed by atoms with Crippen LogP contribution in [0.5, 0.6) is 0 Å². The molecule has 0 radical (unpaired) electrons. The predicted octanol–water partition coefficient (Wildman–Crippen LogP) is 4.07. The van der Waals surface area contributed by atoms with Crippen LogP contribution in [-0.2, 0) is 17.6 Å². The Bertz CT molecular complexity index is 676. The molecule has 112 valence electrons. The lowest BCUT2D eigenvalue weighted by atomic mass is 9.88. The molecular weight excluding hydrogens is 282 g/mol. The van der Waals surface area contributed by atoms with E-state index < -0.39 is 0 Å². The Morgan fingerprint density at radius 2 is 2.00 bits per heavy atom. The van der Waals surface area contributed by atoms with Gasteiger partial charge in [-0.15, -0.1) is 11.3 Å². The standard InChI is InChI=1S/C17H21NO2S/c1-10-5-8-13-14(9-10)21-16(15(13)17(19)20-4)18-11(2)6-7-12(18)3/h6-7,10H,5,8-9H2,1-4H3/t10-/m0/s1. The molecular formula is C17H21NO2S. The highest BCUT2D eigenvalue weighted by Gasteiger charge is 2.29. The molecule has 0 spiro atoms. The third-order valence-corrected chi connectivity index (χ3v) is 5.60. The summed E-state index contributed by atoms with van der Waals surface area (Å²) in [7, 11) is 1.47. The van der Waals surface area contributed by atoms with Crippen LogP contribution in [-0.4, -0.2) is 17.6 Å². The van der Waals surface area contributed by atoms with Crippen molar-refractivity contribution in [3.8, 4) is 5.00 Å². The number of ether oxygens (including phenoxy) is 1. The molecule has 0 bridgehead atoms. The van der Waals surface area contributed by atoms with E-state index in [0.717, 1.165) is 41.2 Å². The van der Waals surface area contributed by atoms with Gasteiger partial charge in [0.15, 0.2) is 0 Å². The van der Waals surface area contributed by atoms with Gasteiger partial charge in [-0.2, -0.15) is 0 Å². The molecule has 0 aliphatic heterocycles. The minimum atomic E-state index is -0.204. The van der Waals surface area contributed by atoms with Crippen LogP contribution in [0.15, 0.2) is 12.1 Å². The number of carbonyl (C=O) groups excluding carboxylic acids is 1. The van der Waals surface area contributed by atoms with E-state index in [9.17, 15) is 4.79 Å². The molecule has 3 nitrogen and oxygen atoms in total. The Hall–Kier alpha value is -1.55. The number of thiophene rings is 1. The molecule has 0 amide bonds. The van der Waals surface area contributed by atoms with Crippen LogP contribution in [0.4, 0.5) is 0 Å². The smallest absolute Gasteiger partial charge is 0.341 e. The van der Waals surface area contributed by atoms with Crippen LogP contribution < -0.4 is 0 Å².